The van der Waals surface area contributed by atoms with Gasteiger partial charge >= 0.3 is 0 Å². The van der Waals surface area contributed by atoms with Crippen molar-refractivity contribution in [2.75, 3.05) is 6.61 Å². The van der Waals surface area contributed by atoms with Gasteiger partial charge in [0.1, 0.15) is 23.9 Å². The normalized spacial score (nSPS) is 10.3. The molecule has 0 saturated carbocycles. The number of nitrogens with one attached hydrogen (secondary N) is 1. The second-order valence-corrected chi connectivity index (χ2v) is 5.85. The van der Waals surface area contributed by atoms with Crippen molar-refractivity contribution in [1.29, 1.82) is 0 Å². The summed E-state index contributed by atoms with van der Waals surface area (Å²) in [6, 6.07) is 18.5. The van der Waals surface area contributed by atoms with Crippen molar-refractivity contribution in [1.82, 2.24) is 10.5 Å². The highest BCUT2D eigenvalue weighted by molar-refractivity contribution is 5.76. The van der Waals surface area contributed by atoms with Crippen LogP contribution in [-0.4, -0.2) is 17.5 Å². The van der Waals surface area contributed by atoms with E-state index in [9.17, 15) is 4.79 Å². The van der Waals surface area contributed by atoms with Gasteiger partial charge in [0.15, 0.2) is 6.61 Å². The standard InChI is InChI=1S/C21H20N2O4/c1-16-4-6-19(7-5-16)27-20-10-8-18(9-11-20)25-15-21(24)23-26-14-17-3-2-12-22-13-17/h2-13H,14-15H2,1H3,(H,23,24). The van der Waals surface area contributed by atoms with Crippen molar-refractivity contribution in [3.63, 3.8) is 0 Å². The Kier molecular flexibility index (Phi) is 6.38. The van der Waals surface area contributed by atoms with Gasteiger partial charge in [-0.3, -0.25) is 14.6 Å². The van der Waals surface area contributed by atoms with Crippen LogP contribution in [0.25, 0.3) is 0 Å². The van der Waals surface area contributed by atoms with Gasteiger partial charge < -0.3 is 9.47 Å². The minimum absolute atomic E-state index is 0.148. The number of amides is 1. The van der Waals surface area contributed by atoms with Gasteiger partial charge in [0.05, 0.1) is 0 Å². The largest absolute Gasteiger partial charge is 0.484 e. The molecule has 2 aromatic carbocycles. The Bertz CT molecular complexity index is 850. The zero-order chi connectivity index (χ0) is 18.9. The van der Waals surface area contributed by atoms with Gasteiger partial charge in [0, 0.05) is 12.4 Å². The van der Waals surface area contributed by atoms with Crippen LogP contribution in [0.3, 0.4) is 0 Å². The summed E-state index contributed by atoms with van der Waals surface area (Å²) in [6.45, 7) is 2.12. The third kappa shape index (κ3) is 6.13. The maximum Gasteiger partial charge on any atom is 0.281 e. The van der Waals surface area contributed by atoms with Crippen molar-refractivity contribution < 1.29 is 19.1 Å². The summed E-state index contributed by atoms with van der Waals surface area (Å²) < 4.78 is 11.2. The van der Waals surface area contributed by atoms with Crippen molar-refractivity contribution >= 4 is 5.91 Å². The maximum absolute atomic E-state index is 11.7. The number of aryl methyl sites for hydroxylation is 1. The molecule has 0 aliphatic rings. The molecule has 0 aliphatic carbocycles. The van der Waals surface area contributed by atoms with Crippen molar-refractivity contribution in [2.24, 2.45) is 0 Å². The van der Waals surface area contributed by atoms with E-state index in [2.05, 4.69) is 10.5 Å². The predicted molar refractivity (Wildman–Crippen MR) is 100 cm³/mol. The molecule has 0 spiro atoms. The third-order valence-electron chi connectivity index (χ3n) is 3.60. The van der Waals surface area contributed by atoms with Gasteiger partial charge in [-0.15, -0.1) is 0 Å². The Morgan fingerprint density at radius 3 is 2.30 bits per heavy atom. The number of hydrogen-bond donors (Lipinski definition) is 1. The smallest absolute Gasteiger partial charge is 0.281 e. The summed E-state index contributed by atoms with van der Waals surface area (Å²) in [5.74, 6) is 1.64. The molecule has 0 aliphatic heterocycles. The first-order chi connectivity index (χ1) is 13.2. The fraction of sp³-hybridized carbons (Fsp3) is 0.143. The highest BCUT2D eigenvalue weighted by Crippen LogP contribution is 2.24. The molecule has 6 heteroatoms. The molecule has 0 fully saturated rings. The SMILES string of the molecule is Cc1ccc(Oc2ccc(OCC(=O)NOCc3cccnc3)cc2)cc1. The number of benzene rings is 2. The summed E-state index contributed by atoms with van der Waals surface area (Å²) in [6.07, 6.45) is 3.34. The average molecular weight is 364 g/mol. The molecule has 0 unspecified atom stereocenters. The minimum atomic E-state index is -0.376. The Morgan fingerprint density at radius 2 is 1.63 bits per heavy atom. The van der Waals surface area contributed by atoms with E-state index in [0.29, 0.717) is 11.5 Å². The van der Waals surface area contributed by atoms with E-state index in [0.717, 1.165) is 11.3 Å². The van der Waals surface area contributed by atoms with E-state index in [1.165, 1.54) is 5.56 Å². The number of nitrogens with zero attached hydrogens (tertiary/aromatic N) is 1. The lowest BCUT2D eigenvalue weighted by Gasteiger charge is -2.09. The second-order valence-electron chi connectivity index (χ2n) is 5.85. The van der Waals surface area contributed by atoms with Crippen LogP contribution in [0.15, 0.2) is 73.1 Å². The Labute approximate surface area is 157 Å². The molecule has 0 radical (unpaired) electrons. The molecule has 1 heterocycles. The van der Waals surface area contributed by atoms with Crippen molar-refractivity contribution in [2.45, 2.75) is 13.5 Å². The quantitative estimate of drug-likeness (QED) is 0.616. The second kappa shape index (κ2) is 9.35. The van der Waals surface area contributed by atoms with E-state index in [-0.39, 0.29) is 19.1 Å². The maximum atomic E-state index is 11.7. The molecule has 27 heavy (non-hydrogen) atoms. The molecule has 1 N–H and O–H groups in total. The average Bonchev–Trinajstić information content (AvgIpc) is 2.70. The Morgan fingerprint density at radius 1 is 0.963 bits per heavy atom. The Hall–Kier alpha value is -3.38. The lowest BCUT2D eigenvalue weighted by molar-refractivity contribution is -0.136. The van der Waals surface area contributed by atoms with Crippen molar-refractivity contribution in [3.8, 4) is 17.2 Å². The summed E-state index contributed by atoms with van der Waals surface area (Å²) in [7, 11) is 0. The van der Waals surface area contributed by atoms with E-state index in [4.69, 9.17) is 14.3 Å². The van der Waals surface area contributed by atoms with E-state index in [1.54, 1.807) is 42.7 Å². The first-order valence-electron chi connectivity index (χ1n) is 8.46. The lowest BCUT2D eigenvalue weighted by Crippen LogP contribution is -2.28. The van der Waals surface area contributed by atoms with Crippen LogP contribution in [0.4, 0.5) is 0 Å². The van der Waals surface area contributed by atoms with Crippen LogP contribution in [0.5, 0.6) is 17.2 Å². The van der Waals surface area contributed by atoms with Crippen LogP contribution in [-0.2, 0) is 16.2 Å². The zero-order valence-corrected chi connectivity index (χ0v) is 14.9. The number of ether oxygens (including phenoxy) is 2. The molecule has 0 saturated heterocycles. The number of carbonyl (C=O) groups excluding carboxylic acids is 1. The number of hydroxylamine groups is 1. The number of hydrogen-bond acceptors (Lipinski definition) is 5. The number of rotatable bonds is 8. The summed E-state index contributed by atoms with van der Waals surface area (Å²) >= 11 is 0. The third-order valence-corrected chi connectivity index (χ3v) is 3.60. The zero-order valence-electron chi connectivity index (χ0n) is 14.9. The summed E-state index contributed by atoms with van der Waals surface area (Å²) in [5, 5.41) is 0. The first kappa shape index (κ1) is 18.4. The summed E-state index contributed by atoms with van der Waals surface area (Å²) in [5.41, 5.74) is 4.37. The highest BCUT2D eigenvalue weighted by atomic mass is 16.7. The first-order valence-corrected chi connectivity index (χ1v) is 8.46. The molecule has 1 aromatic heterocycles. The van der Waals surface area contributed by atoms with Crippen LogP contribution in [0, 0.1) is 6.92 Å². The van der Waals surface area contributed by atoms with Crippen LogP contribution in [0.1, 0.15) is 11.1 Å². The monoisotopic (exact) mass is 364 g/mol. The molecule has 3 rings (SSSR count). The molecule has 1 amide bonds. The molecule has 6 nitrogen and oxygen atoms in total. The number of pyridine rings is 1. The molecule has 138 valence electrons. The van der Waals surface area contributed by atoms with E-state index >= 15 is 0 Å². The summed E-state index contributed by atoms with van der Waals surface area (Å²) in [4.78, 5) is 20.8. The van der Waals surface area contributed by atoms with Gasteiger partial charge in [-0.05, 0) is 55.0 Å². The molecule has 3 aromatic rings. The fourth-order valence-corrected chi connectivity index (χ4v) is 2.21. The lowest BCUT2D eigenvalue weighted by atomic mass is 10.2. The Balaban J connectivity index is 1.40. The molecule has 0 atom stereocenters. The van der Waals surface area contributed by atoms with Crippen molar-refractivity contribution in [3.05, 3.63) is 84.2 Å². The minimum Gasteiger partial charge on any atom is -0.484 e. The van der Waals surface area contributed by atoms with Gasteiger partial charge in [-0.2, -0.15) is 0 Å². The topological polar surface area (TPSA) is 69.7 Å². The predicted octanol–water partition coefficient (Wildman–Crippen LogP) is 3.81. The van der Waals surface area contributed by atoms with Crippen LogP contribution >= 0.6 is 0 Å². The van der Waals surface area contributed by atoms with Crippen LogP contribution < -0.4 is 15.0 Å². The van der Waals surface area contributed by atoms with Gasteiger partial charge in [0.2, 0.25) is 0 Å². The van der Waals surface area contributed by atoms with E-state index in [1.807, 2.05) is 37.3 Å². The fourth-order valence-electron chi connectivity index (χ4n) is 2.21. The number of aromatic nitrogens is 1. The van der Waals surface area contributed by atoms with Gasteiger partial charge in [-0.1, -0.05) is 23.8 Å². The van der Waals surface area contributed by atoms with Gasteiger partial charge in [0.25, 0.3) is 5.91 Å². The highest BCUT2D eigenvalue weighted by Gasteiger charge is 2.04. The molecular weight excluding hydrogens is 344 g/mol. The molecule has 0 bridgehead atoms. The van der Waals surface area contributed by atoms with Crippen LogP contribution in [0.2, 0.25) is 0 Å². The number of carbonyl (C=O) groups is 1. The van der Waals surface area contributed by atoms with Gasteiger partial charge in [-0.25, -0.2) is 5.48 Å². The van der Waals surface area contributed by atoms with E-state index < -0.39 is 0 Å². The molecular formula is C21H20N2O4.